The van der Waals surface area contributed by atoms with E-state index >= 15 is 0 Å². The zero-order valence-corrected chi connectivity index (χ0v) is 12.1. The van der Waals surface area contributed by atoms with Crippen LogP contribution in [-0.4, -0.2) is 62.0 Å². The molecule has 1 saturated heterocycles. The molecule has 0 radical (unpaired) electrons. The van der Waals surface area contributed by atoms with Crippen molar-refractivity contribution in [2.75, 3.05) is 44.4 Å². The Morgan fingerprint density at radius 1 is 1.12 bits per heavy atom. The molecule has 1 aliphatic heterocycles. The van der Waals surface area contributed by atoms with Crippen molar-refractivity contribution in [3.63, 3.8) is 0 Å². The molecule has 0 N–H and O–H groups in total. The fourth-order valence-corrected chi connectivity index (χ4v) is 3.79. The van der Waals surface area contributed by atoms with E-state index in [4.69, 9.17) is 11.6 Å². The predicted octanol–water partition coefficient (Wildman–Crippen LogP) is 1.36. The zero-order valence-electron chi connectivity index (χ0n) is 10.6. The van der Waals surface area contributed by atoms with Crippen molar-refractivity contribution in [3.8, 4) is 0 Å². The standard InChI is InChI=1S/C11H23ClN2O2S/c1-2-6-13-7-9-14(10-8-13)17(15,16)11-4-3-5-12/h2-11H2,1H3. The smallest absolute Gasteiger partial charge is 0.214 e. The van der Waals surface area contributed by atoms with Crippen LogP contribution in [0.15, 0.2) is 0 Å². The van der Waals surface area contributed by atoms with Crippen LogP contribution >= 0.6 is 11.6 Å². The van der Waals surface area contributed by atoms with Crippen LogP contribution < -0.4 is 0 Å². The minimum absolute atomic E-state index is 0.244. The number of sulfonamides is 1. The molecule has 6 heteroatoms. The number of hydrogen-bond donors (Lipinski definition) is 0. The van der Waals surface area contributed by atoms with E-state index in [0.29, 0.717) is 25.4 Å². The second-order valence-corrected chi connectivity index (χ2v) is 6.92. The van der Waals surface area contributed by atoms with Crippen LogP contribution in [0.25, 0.3) is 0 Å². The molecule has 0 unspecified atom stereocenters. The number of hydrogen-bond acceptors (Lipinski definition) is 3. The molecule has 0 atom stereocenters. The highest BCUT2D eigenvalue weighted by atomic mass is 35.5. The molecule has 4 nitrogen and oxygen atoms in total. The van der Waals surface area contributed by atoms with Gasteiger partial charge in [0.15, 0.2) is 0 Å². The molecule has 17 heavy (non-hydrogen) atoms. The van der Waals surface area contributed by atoms with E-state index in [1.54, 1.807) is 4.31 Å². The van der Waals surface area contributed by atoms with Crippen molar-refractivity contribution < 1.29 is 8.42 Å². The van der Waals surface area contributed by atoms with E-state index in [1.165, 1.54) is 0 Å². The zero-order chi connectivity index (χ0) is 12.7. The highest BCUT2D eigenvalue weighted by molar-refractivity contribution is 7.89. The first-order valence-electron chi connectivity index (χ1n) is 6.36. The van der Waals surface area contributed by atoms with Crippen molar-refractivity contribution in [3.05, 3.63) is 0 Å². The molecule has 1 heterocycles. The minimum atomic E-state index is -3.05. The lowest BCUT2D eigenvalue weighted by Crippen LogP contribution is -2.49. The van der Waals surface area contributed by atoms with Gasteiger partial charge in [-0.3, -0.25) is 0 Å². The van der Waals surface area contributed by atoms with Gasteiger partial charge in [0, 0.05) is 32.1 Å². The van der Waals surface area contributed by atoms with Crippen molar-refractivity contribution in [2.45, 2.75) is 26.2 Å². The summed E-state index contributed by atoms with van der Waals surface area (Å²) in [6, 6.07) is 0. The summed E-state index contributed by atoms with van der Waals surface area (Å²) in [5.74, 6) is 0.785. The molecule has 0 aromatic rings. The third-order valence-corrected chi connectivity index (χ3v) is 5.27. The van der Waals surface area contributed by atoms with Gasteiger partial charge < -0.3 is 4.90 Å². The Bertz CT molecular complexity index is 301. The molecule has 0 spiro atoms. The number of halogens is 1. The SMILES string of the molecule is CCCN1CCN(S(=O)(=O)CCCCCl)CC1. The van der Waals surface area contributed by atoms with Gasteiger partial charge in [-0.05, 0) is 25.8 Å². The van der Waals surface area contributed by atoms with E-state index in [0.717, 1.165) is 32.5 Å². The first-order valence-corrected chi connectivity index (χ1v) is 8.50. The predicted molar refractivity (Wildman–Crippen MR) is 72.0 cm³/mol. The molecular weight excluding hydrogens is 260 g/mol. The average Bonchev–Trinajstić information content (AvgIpc) is 2.30. The van der Waals surface area contributed by atoms with Crippen molar-refractivity contribution >= 4 is 21.6 Å². The van der Waals surface area contributed by atoms with Crippen LogP contribution in [0.3, 0.4) is 0 Å². The first kappa shape index (κ1) is 15.2. The third-order valence-electron chi connectivity index (χ3n) is 3.05. The highest BCUT2D eigenvalue weighted by Gasteiger charge is 2.25. The number of unbranched alkanes of at least 4 members (excludes halogenated alkanes) is 1. The summed E-state index contributed by atoms with van der Waals surface area (Å²) in [5, 5.41) is 0. The lowest BCUT2D eigenvalue weighted by molar-refractivity contribution is 0.188. The topological polar surface area (TPSA) is 40.6 Å². The van der Waals surface area contributed by atoms with E-state index in [9.17, 15) is 8.42 Å². The van der Waals surface area contributed by atoms with E-state index in [1.807, 2.05) is 0 Å². The van der Waals surface area contributed by atoms with Crippen LogP contribution in [0.2, 0.25) is 0 Å². The van der Waals surface area contributed by atoms with E-state index < -0.39 is 10.0 Å². The summed E-state index contributed by atoms with van der Waals surface area (Å²) in [7, 11) is -3.05. The summed E-state index contributed by atoms with van der Waals surface area (Å²) in [5.41, 5.74) is 0. The van der Waals surface area contributed by atoms with Crippen molar-refractivity contribution in [2.24, 2.45) is 0 Å². The van der Waals surface area contributed by atoms with Gasteiger partial charge in [-0.25, -0.2) is 8.42 Å². The fourth-order valence-electron chi connectivity index (χ4n) is 2.06. The monoisotopic (exact) mass is 282 g/mol. The van der Waals surface area contributed by atoms with Gasteiger partial charge in [0.05, 0.1) is 5.75 Å². The van der Waals surface area contributed by atoms with Gasteiger partial charge in [-0.2, -0.15) is 4.31 Å². The molecule has 1 aliphatic rings. The molecular formula is C11H23ClN2O2S. The lowest BCUT2D eigenvalue weighted by atomic mass is 10.3. The maximum Gasteiger partial charge on any atom is 0.214 e. The van der Waals surface area contributed by atoms with Gasteiger partial charge in [-0.1, -0.05) is 6.92 Å². The largest absolute Gasteiger partial charge is 0.301 e. The average molecular weight is 283 g/mol. The van der Waals surface area contributed by atoms with Gasteiger partial charge in [0.25, 0.3) is 0 Å². The third kappa shape index (κ3) is 5.12. The molecule has 1 rings (SSSR count). The Morgan fingerprint density at radius 3 is 2.29 bits per heavy atom. The molecule has 0 aliphatic carbocycles. The quantitative estimate of drug-likeness (QED) is 0.523. The summed E-state index contributed by atoms with van der Waals surface area (Å²) >= 11 is 5.55. The second-order valence-electron chi connectivity index (χ2n) is 4.45. The summed E-state index contributed by atoms with van der Waals surface area (Å²) in [6.45, 7) is 6.23. The molecule has 0 aromatic heterocycles. The maximum atomic E-state index is 12.0. The molecule has 1 fully saturated rings. The van der Waals surface area contributed by atoms with Crippen molar-refractivity contribution in [1.29, 1.82) is 0 Å². The summed E-state index contributed by atoms with van der Waals surface area (Å²) < 4.78 is 25.6. The van der Waals surface area contributed by atoms with Gasteiger partial charge in [0.2, 0.25) is 10.0 Å². The lowest BCUT2D eigenvalue weighted by Gasteiger charge is -2.33. The highest BCUT2D eigenvalue weighted by Crippen LogP contribution is 2.10. The number of alkyl halides is 1. The number of piperazine rings is 1. The molecule has 0 amide bonds. The van der Waals surface area contributed by atoms with Crippen LogP contribution in [-0.2, 0) is 10.0 Å². The Hall–Kier alpha value is 0.160. The van der Waals surface area contributed by atoms with Crippen LogP contribution in [0.5, 0.6) is 0 Å². The number of nitrogens with zero attached hydrogens (tertiary/aromatic N) is 2. The number of rotatable bonds is 7. The van der Waals surface area contributed by atoms with E-state index in [-0.39, 0.29) is 5.75 Å². The fraction of sp³-hybridized carbons (Fsp3) is 1.00. The second kappa shape index (κ2) is 7.56. The summed E-state index contributed by atoms with van der Waals surface area (Å²) in [6.07, 6.45) is 2.57. The molecule has 0 bridgehead atoms. The first-order chi connectivity index (χ1) is 8.10. The Labute approximate surface area is 110 Å². The van der Waals surface area contributed by atoms with E-state index in [2.05, 4.69) is 11.8 Å². The van der Waals surface area contributed by atoms with Gasteiger partial charge in [-0.15, -0.1) is 11.6 Å². The normalized spacial score (nSPS) is 19.6. The van der Waals surface area contributed by atoms with Crippen molar-refractivity contribution in [1.82, 2.24) is 9.21 Å². The van der Waals surface area contributed by atoms with Crippen LogP contribution in [0, 0.1) is 0 Å². The van der Waals surface area contributed by atoms with Crippen LogP contribution in [0.1, 0.15) is 26.2 Å². The Kier molecular flexibility index (Phi) is 6.77. The molecule has 0 saturated carbocycles. The van der Waals surface area contributed by atoms with Gasteiger partial charge in [0.1, 0.15) is 0 Å². The van der Waals surface area contributed by atoms with Gasteiger partial charge >= 0.3 is 0 Å². The Morgan fingerprint density at radius 2 is 1.76 bits per heavy atom. The molecule has 102 valence electrons. The summed E-state index contributed by atoms with van der Waals surface area (Å²) in [4.78, 5) is 2.32. The Balaban J connectivity index is 2.36. The minimum Gasteiger partial charge on any atom is -0.301 e. The maximum absolute atomic E-state index is 12.0. The van der Waals surface area contributed by atoms with Crippen LogP contribution in [0.4, 0.5) is 0 Å². The molecule has 0 aromatic carbocycles.